The molecule has 0 heterocycles. The summed E-state index contributed by atoms with van der Waals surface area (Å²) in [4.78, 5) is 0. The van der Waals surface area contributed by atoms with E-state index in [4.69, 9.17) is 10.5 Å². The average Bonchev–Trinajstić information content (AvgIpc) is 2.24. The zero-order chi connectivity index (χ0) is 12.5. The predicted molar refractivity (Wildman–Crippen MR) is 46.2 cm³/mol. The van der Waals surface area contributed by atoms with Crippen LogP contribution in [-0.2, 0) is 0 Å². The standard InChI is InChI=1S/C10H2F4N2/c1-4-5(2-15)6(3-16)7(10(13)14)9(12)8(4)11/h1H2. The van der Waals surface area contributed by atoms with E-state index in [0.29, 0.717) is 0 Å². The topological polar surface area (TPSA) is 47.6 Å². The molecule has 1 aromatic rings. The van der Waals surface area contributed by atoms with Gasteiger partial charge in [-0.3, -0.25) is 0 Å². The molecule has 6 heteroatoms. The molecule has 0 fully saturated rings. The van der Waals surface area contributed by atoms with Crippen molar-refractivity contribution in [3.8, 4) is 12.1 Å². The van der Waals surface area contributed by atoms with Crippen molar-refractivity contribution in [1.82, 2.24) is 0 Å². The lowest BCUT2D eigenvalue weighted by Gasteiger charge is -2.00. The van der Waals surface area contributed by atoms with Gasteiger partial charge in [0.25, 0.3) is 6.08 Å². The van der Waals surface area contributed by atoms with E-state index in [-0.39, 0.29) is 0 Å². The Balaban J connectivity index is 4.19. The second-order valence-corrected chi connectivity index (χ2v) is 2.72. The van der Waals surface area contributed by atoms with Crippen LogP contribution in [0.1, 0.15) is 11.1 Å². The fourth-order valence-corrected chi connectivity index (χ4v) is 1.15. The fraction of sp³-hybridized carbons (Fsp3) is 0. The van der Waals surface area contributed by atoms with Gasteiger partial charge in [-0.25, -0.2) is 8.78 Å². The first-order valence-corrected chi connectivity index (χ1v) is 3.81. The third-order valence-electron chi connectivity index (χ3n) is 1.89. The van der Waals surface area contributed by atoms with Crippen molar-refractivity contribution in [1.29, 1.82) is 10.5 Å². The molecule has 0 unspecified atom stereocenters. The van der Waals surface area contributed by atoms with E-state index in [1.165, 1.54) is 12.1 Å². The Labute approximate surface area is 87.0 Å². The third kappa shape index (κ3) is 1.51. The van der Waals surface area contributed by atoms with Crippen molar-refractivity contribution in [2.75, 3.05) is 0 Å². The summed E-state index contributed by atoms with van der Waals surface area (Å²) >= 11 is 0. The molecule has 0 saturated carbocycles. The first-order chi connectivity index (χ1) is 7.45. The maximum absolute atomic E-state index is 13.1. The van der Waals surface area contributed by atoms with Crippen LogP contribution in [0.25, 0.3) is 12.7 Å². The molecule has 0 aliphatic heterocycles. The highest BCUT2D eigenvalue weighted by Crippen LogP contribution is 2.06. The normalized spacial score (nSPS) is 9.38. The summed E-state index contributed by atoms with van der Waals surface area (Å²) in [7, 11) is 0. The molecule has 0 aliphatic carbocycles. The van der Waals surface area contributed by atoms with Gasteiger partial charge in [0.15, 0.2) is 11.6 Å². The third-order valence-corrected chi connectivity index (χ3v) is 1.89. The van der Waals surface area contributed by atoms with E-state index >= 15 is 0 Å². The van der Waals surface area contributed by atoms with Crippen molar-refractivity contribution < 1.29 is 17.6 Å². The molecule has 1 aromatic carbocycles. The maximum Gasteiger partial charge on any atom is 0.281 e. The Kier molecular flexibility index (Phi) is 2.96. The molecule has 0 amide bonds. The lowest BCUT2D eigenvalue weighted by atomic mass is 10.0. The Hall–Kier alpha value is -2.34. The Morgan fingerprint density at radius 3 is 1.88 bits per heavy atom. The van der Waals surface area contributed by atoms with Crippen LogP contribution in [0.2, 0.25) is 0 Å². The molecule has 0 aromatic heterocycles. The number of rotatable bonds is 0. The lowest BCUT2D eigenvalue weighted by molar-refractivity contribution is 0.480. The van der Waals surface area contributed by atoms with Gasteiger partial charge < -0.3 is 0 Å². The van der Waals surface area contributed by atoms with Crippen LogP contribution in [-0.4, -0.2) is 0 Å². The van der Waals surface area contributed by atoms with Crippen LogP contribution < -0.4 is 10.4 Å². The molecule has 1 rings (SSSR count). The molecule has 80 valence electrons. The fourth-order valence-electron chi connectivity index (χ4n) is 1.15. The smallest absolute Gasteiger partial charge is 0.203 e. The summed E-state index contributed by atoms with van der Waals surface area (Å²) in [5, 5.41) is 14.9. The molecular weight excluding hydrogens is 224 g/mol. The Morgan fingerprint density at radius 1 is 1.00 bits per heavy atom. The minimum absolute atomic E-state index is 0.691. The minimum Gasteiger partial charge on any atom is -0.203 e. The lowest BCUT2D eigenvalue weighted by Crippen LogP contribution is -2.27. The summed E-state index contributed by atoms with van der Waals surface area (Å²) in [5.74, 6) is -3.53. The molecule has 0 saturated heterocycles. The monoisotopic (exact) mass is 226 g/mol. The first-order valence-electron chi connectivity index (χ1n) is 3.81. The summed E-state index contributed by atoms with van der Waals surface area (Å²) in [5.41, 5.74) is -1.60. The molecule has 0 N–H and O–H groups in total. The largest absolute Gasteiger partial charge is 0.281 e. The molecule has 0 atom stereocenters. The number of hydrogen-bond acceptors (Lipinski definition) is 2. The van der Waals surface area contributed by atoms with Crippen LogP contribution >= 0.6 is 0 Å². The van der Waals surface area contributed by atoms with Crippen LogP contribution in [0.3, 0.4) is 0 Å². The second-order valence-electron chi connectivity index (χ2n) is 2.72. The highest BCUT2D eigenvalue weighted by molar-refractivity contribution is 5.51. The molecule has 0 radical (unpaired) electrons. The number of nitrogens with zero attached hydrogens (tertiary/aromatic N) is 2. The molecule has 16 heavy (non-hydrogen) atoms. The number of benzene rings is 1. The number of hydrogen-bond donors (Lipinski definition) is 0. The molecule has 0 bridgehead atoms. The van der Waals surface area contributed by atoms with Crippen molar-refractivity contribution >= 4 is 12.7 Å². The average molecular weight is 226 g/mol. The first kappa shape index (κ1) is 11.7. The highest BCUT2D eigenvalue weighted by Gasteiger charge is 2.19. The molecular formula is C10H2F4N2. The van der Waals surface area contributed by atoms with Crippen molar-refractivity contribution in [3.05, 3.63) is 33.2 Å². The summed E-state index contributed by atoms with van der Waals surface area (Å²) < 4.78 is 50.8. The van der Waals surface area contributed by atoms with E-state index in [1.807, 2.05) is 0 Å². The SMILES string of the molecule is C=c1c(F)c(F)c(=C(F)F)c(C#N)c1C#N. The van der Waals surface area contributed by atoms with Gasteiger partial charge in [-0.1, -0.05) is 6.58 Å². The van der Waals surface area contributed by atoms with Gasteiger partial charge in [0.1, 0.15) is 12.1 Å². The highest BCUT2D eigenvalue weighted by atomic mass is 19.3. The summed E-state index contributed by atoms with van der Waals surface area (Å²) in [6, 6.07) is 2.58. The van der Waals surface area contributed by atoms with E-state index in [0.717, 1.165) is 0 Å². The zero-order valence-corrected chi connectivity index (χ0v) is 7.61. The van der Waals surface area contributed by atoms with Crippen LogP contribution in [0.15, 0.2) is 0 Å². The molecule has 0 aliphatic rings. The van der Waals surface area contributed by atoms with Gasteiger partial charge in [0.2, 0.25) is 0 Å². The Morgan fingerprint density at radius 2 is 1.50 bits per heavy atom. The zero-order valence-electron chi connectivity index (χ0n) is 7.61. The summed E-state index contributed by atoms with van der Waals surface area (Å²) in [6.07, 6.45) is -2.57. The predicted octanol–water partition coefficient (Wildman–Crippen LogP) is 1.12. The van der Waals surface area contributed by atoms with E-state index in [2.05, 4.69) is 6.58 Å². The molecule has 2 nitrogen and oxygen atoms in total. The maximum atomic E-state index is 13.1. The van der Waals surface area contributed by atoms with Gasteiger partial charge in [-0.05, 0) is 0 Å². The van der Waals surface area contributed by atoms with Gasteiger partial charge in [0.05, 0.1) is 16.3 Å². The van der Waals surface area contributed by atoms with Crippen LogP contribution in [0.4, 0.5) is 17.6 Å². The van der Waals surface area contributed by atoms with Crippen LogP contribution in [0.5, 0.6) is 0 Å². The van der Waals surface area contributed by atoms with Gasteiger partial charge >= 0.3 is 0 Å². The van der Waals surface area contributed by atoms with E-state index in [1.54, 1.807) is 0 Å². The van der Waals surface area contributed by atoms with Gasteiger partial charge in [-0.15, -0.1) is 0 Å². The van der Waals surface area contributed by atoms with E-state index < -0.39 is 39.3 Å². The number of halogens is 4. The Bertz CT molecular complexity index is 646. The van der Waals surface area contributed by atoms with Crippen molar-refractivity contribution in [2.45, 2.75) is 0 Å². The molecule has 0 spiro atoms. The van der Waals surface area contributed by atoms with Crippen LogP contribution in [0, 0.1) is 34.3 Å². The van der Waals surface area contributed by atoms with Crippen molar-refractivity contribution in [3.63, 3.8) is 0 Å². The van der Waals surface area contributed by atoms with Crippen molar-refractivity contribution in [2.24, 2.45) is 0 Å². The van der Waals surface area contributed by atoms with Gasteiger partial charge in [0, 0.05) is 5.22 Å². The number of nitriles is 2. The van der Waals surface area contributed by atoms with E-state index in [9.17, 15) is 17.6 Å². The summed E-state index contributed by atoms with van der Waals surface area (Å²) in [6.45, 7) is 3.02. The van der Waals surface area contributed by atoms with Gasteiger partial charge in [-0.2, -0.15) is 19.3 Å². The minimum atomic E-state index is -2.57. The second kappa shape index (κ2) is 4.03. The quantitative estimate of drug-likeness (QED) is 0.622.